The second-order valence-electron chi connectivity index (χ2n) is 22.9. The monoisotopic (exact) mass is 1410 g/mol. The zero-order chi connectivity index (χ0) is 70.0. The molecule has 0 aromatic heterocycles. The van der Waals surface area contributed by atoms with E-state index < -0.39 is 11.7 Å². The van der Waals surface area contributed by atoms with E-state index in [1.54, 1.807) is 0 Å². The normalized spacial score (nSPS) is 12.1. The summed E-state index contributed by atoms with van der Waals surface area (Å²) in [7, 11) is 0. The average Bonchev–Trinajstić information content (AvgIpc) is 3.40. The molecule has 0 bridgehead atoms. The highest BCUT2D eigenvalue weighted by atomic mass is 16.6. The Bertz CT molecular complexity index is 1520. The van der Waals surface area contributed by atoms with Gasteiger partial charge in [0.2, 0.25) is 5.91 Å². The average molecular weight is 1410 g/mol. The summed E-state index contributed by atoms with van der Waals surface area (Å²) in [6.45, 7) is 32.7. The zero-order valence-corrected chi connectivity index (χ0v) is 61.1. The molecule has 28 nitrogen and oxygen atoms in total. The van der Waals surface area contributed by atoms with E-state index in [1.807, 2.05) is 20.8 Å². The van der Waals surface area contributed by atoms with Crippen LogP contribution >= 0.6 is 0 Å². The van der Waals surface area contributed by atoms with Crippen molar-refractivity contribution in [1.29, 1.82) is 0 Å². The van der Waals surface area contributed by atoms with Gasteiger partial charge in [-0.05, 0) is 33.6 Å². The van der Waals surface area contributed by atoms with Gasteiger partial charge in [0.1, 0.15) is 5.60 Å². The largest absolute Gasteiger partial charge is 0.444 e. The number of alkyl carbamates (subject to hydrolysis) is 1. The maximum atomic E-state index is 12.9. The lowest BCUT2D eigenvalue weighted by molar-refractivity contribution is -0.125. The molecular formula is C69H138N2O26. The Kier molecular flexibility index (Phi) is 80.9. The van der Waals surface area contributed by atoms with E-state index in [2.05, 4.69) is 24.5 Å². The molecule has 0 rings (SSSR count). The number of amides is 2. The molecule has 2 amide bonds. The summed E-state index contributed by atoms with van der Waals surface area (Å²) in [5.74, 6) is 0.300. The van der Waals surface area contributed by atoms with Crippen molar-refractivity contribution in [2.75, 3.05) is 317 Å². The van der Waals surface area contributed by atoms with Crippen molar-refractivity contribution in [1.82, 2.24) is 10.6 Å². The minimum absolute atomic E-state index is 0.118. The highest BCUT2D eigenvalue weighted by Gasteiger charge is 2.18. The van der Waals surface area contributed by atoms with Gasteiger partial charge < -0.3 is 124 Å². The highest BCUT2D eigenvalue weighted by molar-refractivity contribution is 5.78. The first-order valence-electron chi connectivity index (χ1n) is 36.3. The molecule has 0 aliphatic carbocycles. The topological polar surface area (TPSA) is 280 Å². The fourth-order valence-electron chi connectivity index (χ4n) is 8.27. The molecule has 1 unspecified atom stereocenters. The third kappa shape index (κ3) is 84.4. The Balaban J connectivity index is 3.20. The van der Waals surface area contributed by atoms with Crippen LogP contribution in [0.4, 0.5) is 4.79 Å². The summed E-state index contributed by atoms with van der Waals surface area (Å²) in [5, 5.41) is 5.73. The first-order chi connectivity index (χ1) is 47.8. The molecule has 0 aromatic rings. The van der Waals surface area contributed by atoms with Crippen LogP contribution in [0.25, 0.3) is 0 Å². The molecule has 0 fully saturated rings. The van der Waals surface area contributed by atoms with Gasteiger partial charge in [0.25, 0.3) is 0 Å². The number of nitrogens with one attached hydrogen (secondary N) is 2. The van der Waals surface area contributed by atoms with E-state index in [4.69, 9.17) is 114 Å². The van der Waals surface area contributed by atoms with Gasteiger partial charge in [-0.1, -0.05) is 78.1 Å². The predicted octanol–water partition coefficient (Wildman–Crippen LogP) is 6.35. The van der Waals surface area contributed by atoms with Crippen molar-refractivity contribution in [3.63, 3.8) is 0 Å². The summed E-state index contributed by atoms with van der Waals surface area (Å²) < 4.78 is 132. The van der Waals surface area contributed by atoms with Gasteiger partial charge in [0, 0.05) is 19.0 Å². The van der Waals surface area contributed by atoms with Crippen LogP contribution in [-0.2, 0) is 118 Å². The molecule has 2 N–H and O–H groups in total. The zero-order valence-electron chi connectivity index (χ0n) is 61.1. The highest BCUT2D eigenvalue weighted by Crippen LogP contribution is 2.19. The van der Waals surface area contributed by atoms with E-state index in [-0.39, 0.29) is 11.8 Å². The second kappa shape index (κ2) is 82.8. The van der Waals surface area contributed by atoms with Crippen LogP contribution in [0.1, 0.15) is 112 Å². The molecule has 0 aliphatic heterocycles. The van der Waals surface area contributed by atoms with Crippen molar-refractivity contribution >= 4 is 12.0 Å². The number of unbranched alkanes of at least 4 members (excludes halogenated alkanes) is 8. The summed E-state index contributed by atoms with van der Waals surface area (Å²) >= 11 is 0. The van der Waals surface area contributed by atoms with Gasteiger partial charge in [-0.2, -0.15) is 0 Å². The van der Waals surface area contributed by atoms with Crippen LogP contribution in [0.5, 0.6) is 0 Å². The molecular weight excluding hydrogens is 1270 g/mol. The number of carbonyl (C=O) groups excluding carboxylic acids is 2. The second-order valence-corrected chi connectivity index (χ2v) is 22.9. The molecule has 580 valence electrons. The molecule has 0 aromatic carbocycles. The molecule has 0 radical (unpaired) electrons. The molecule has 0 heterocycles. The summed E-state index contributed by atoms with van der Waals surface area (Å²) in [5.41, 5.74) is -0.522. The SMILES string of the molecule is CCCCCCCCC(CCCCCC)C(=O)NCCOCCOCCOCCOCCOCCOCCOCCOCCOCCOCCOCCOCCOCCOCCOCCOCCOCCOCCOCCOCCOCCOCCOCCNC(=O)OC(C)(C)C. The summed E-state index contributed by atoms with van der Waals surface area (Å²) in [4.78, 5) is 24.4. The molecule has 0 aliphatic rings. The number of hydrogen-bond acceptors (Lipinski definition) is 26. The fourth-order valence-corrected chi connectivity index (χ4v) is 8.27. The minimum Gasteiger partial charge on any atom is -0.444 e. The smallest absolute Gasteiger partial charge is 0.407 e. The van der Waals surface area contributed by atoms with Gasteiger partial charge in [0.15, 0.2) is 0 Å². The lowest BCUT2D eigenvalue weighted by Gasteiger charge is -2.19. The maximum absolute atomic E-state index is 12.9. The Labute approximate surface area is 584 Å². The van der Waals surface area contributed by atoms with Crippen LogP contribution in [0.2, 0.25) is 0 Å². The molecule has 28 heteroatoms. The van der Waals surface area contributed by atoms with E-state index in [0.29, 0.717) is 317 Å². The molecule has 0 spiro atoms. The Hall–Kier alpha value is -2.18. The summed E-state index contributed by atoms with van der Waals surface area (Å²) in [6.07, 6.45) is 13.8. The quantitative estimate of drug-likeness (QED) is 0.0628. The van der Waals surface area contributed by atoms with E-state index in [9.17, 15) is 9.59 Å². The number of hydrogen-bond donors (Lipinski definition) is 2. The van der Waals surface area contributed by atoms with Crippen molar-refractivity contribution in [2.24, 2.45) is 5.92 Å². The van der Waals surface area contributed by atoms with Gasteiger partial charge in [-0.25, -0.2) is 4.79 Å². The Morgan fingerprint density at radius 3 is 0.598 bits per heavy atom. The Morgan fingerprint density at radius 2 is 0.402 bits per heavy atom. The van der Waals surface area contributed by atoms with Crippen LogP contribution in [0.3, 0.4) is 0 Å². The predicted molar refractivity (Wildman–Crippen MR) is 366 cm³/mol. The minimum atomic E-state index is -0.522. The van der Waals surface area contributed by atoms with Crippen LogP contribution in [0.15, 0.2) is 0 Å². The van der Waals surface area contributed by atoms with Gasteiger partial charge in [-0.15, -0.1) is 0 Å². The Morgan fingerprint density at radius 1 is 0.237 bits per heavy atom. The molecule has 97 heavy (non-hydrogen) atoms. The van der Waals surface area contributed by atoms with Crippen molar-refractivity contribution in [3.05, 3.63) is 0 Å². The van der Waals surface area contributed by atoms with E-state index in [1.165, 1.54) is 51.4 Å². The maximum Gasteiger partial charge on any atom is 0.407 e. The fraction of sp³-hybridized carbons (Fsp3) is 0.971. The standard InChI is InChI=1S/C69H138N2O26/c1-6-8-10-12-13-15-17-66(16-14-11-9-7-2)67(72)70-18-20-74-22-24-76-26-28-78-30-32-80-34-36-82-38-40-84-42-44-86-46-48-88-50-52-90-54-56-92-58-60-94-62-64-96-65-63-95-61-59-93-57-55-91-53-51-89-49-47-87-45-43-85-41-39-83-37-35-81-33-31-79-29-27-77-25-23-75-21-19-71-68(73)97-69(3,4)5/h66H,6-65H2,1-5H3,(H,70,72)(H,71,73). The summed E-state index contributed by atoms with van der Waals surface area (Å²) in [6, 6.07) is 0. The van der Waals surface area contributed by atoms with Gasteiger partial charge in [-0.3, -0.25) is 4.79 Å². The van der Waals surface area contributed by atoms with Crippen LogP contribution in [-0.4, -0.2) is 335 Å². The van der Waals surface area contributed by atoms with E-state index in [0.717, 1.165) is 25.7 Å². The first kappa shape index (κ1) is 94.8. The van der Waals surface area contributed by atoms with Crippen molar-refractivity contribution in [3.8, 4) is 0 Å². The number of carbonyl (C=O) groups is 2. The first-order valence-corrected chi connectivity index (χ1v) is 36.3. The van der Waals surface area contributed by atoms with Gasteiger partial charge >= 0.3 is 6.09 Å². The van der Waals surface area contributed by atoms with Crippen LogP contribution in [0, 0.1) is 5.92 Å². The van der Waals surface area contributed by atoms with Gasteiger partial charge in [0.05, 0.1) is 304 Å². The molecule has 0 saturated heterocycles. The molecule has 1 atom stereocenters. The lowest BCUT2D eigenvalue weighted by atomic mass is 9.93. The third-order valence-electron chi connectivity index (χ3n) is 13.3. The van der Waals surface area contributed by atoms with Crippen molar-refractivity contribution < 1.29 is 123 Å². The third-order valence-corrected chi connectivity index (χ3v) is 13.3. The molecule has 0 saturated carbocycles. The number of rotatable bonds is 85. The van der Waals surface area contributed by atoms with E-state index >= 15 is 0 Å². The number of ether oxygens (including phenoxy) is 24. The van der Waals surface area contributed by atoms with Crippen LogP contribution < -0.4 is 10.6 Å². The van der Waals surface area contributed by atoms with Crippen molar-refractivity contribution in [2.45, 2.75) is 117 Å². The lowest BCUT2D eigenvalue weighted by Crippen LogP contribution is -2.34.